The highest BCUT2D eigenvalue weighted by Gasteiger charge is 2.67. The third-order valence-electron chi connectivity index (χ3n) is 5.89. The van der Waals surface area contributed by atoms with Gasteiger partial charge in [0.25, 0.3) is 0 Å². The molecule has 4 rings (SSSR count). The van der Waals surface area contributed by atoms with E-state index >= 15 is 0 Å². The number of aliphatic hydroxyl groups excluding tert-OH is 1. The molecule has 0 bridgehead atoms. The summed E-state index contributed by atoms with van der Waals surface area (Å²) in [5.41, 5.74) is 0.0287. The lowest BCUT2D eigenvalue weighted by molar-refractivity contribution is -0.149. The molecule has 0 aromatic rings. The van der Waals surface area contributed by atoms with Crippen LogP contribution in [-0.2, 0) is 33.3 Å². The number of aldehydes is 1. The van der Waals surface area contributed by atoms with E-state index in [0.29, 0.717) is 18.3 Å². The van der Waals surface area contributed by atoms with E-state index in [4.69, 9.17) is 18.9 Å². The van der Waals surface area contributed by atoms with Gasteiger partial charge >= 0.3 is 11.9 Å². The number of hydrogen-bond donors (Lipinski definition) is 1. The Kier molecular flexibility index (Phi) is 4.52. The fraction of sp³-hybridized carbons (Fsp3) is 0.550. The van der Waals surface area contributed by atoms with Crippen molar-refractivity contribution in [2.45, 2.75) is 56.4 Å². The van der Waals surface area contributed by atoms with Crippen molar-refractivity contribution in [3.63, 3.8) is 0 Å². The lowest BCUT2D eigenvalue weighted by Gasteiger charge is -2.28. The lowest BCUT2D eigenvalue weighted by Crippen LogP contribution is -2.38. The third-order valence-corrected chi connectivity index (χ3v) is 5.89. The van der Waals surface area contributed by atoms with Gasteiger partial charge in [-0.3, -0.25) is 4.79 Å². The van der Waals surface area contributed by atoms with Crippen molar-refractivity contribution >= 4 is 18.2 Å². The first-order chi connectivity index (χ1) is 13.3. The molecule has 0 spiro atoms. The molecule has 4 aliphatic rings. The normalized spacial score (nSPS) is 41.7. The van der Waals surface area contributed by atoms with Crippen LogP contribution in [0.1, 0.15) is 20.3 Å². The minimum atomic E-state index is -0.801. The molecule has 0 amide bonds. The molecule has 7 atom stereocenters. The zero-order valence-electron chi connectivity index (χ0n) is 15.6. The first kappa shape index (κ1) is 19.0. The number of ether oxygens (including phenoxy) is 4. The molecule has 3 saturated heterocycles. The first-order valence-electron chi connectivity index (χ1n) is 9.20. The SMILES string of the molecule is C=C1C(=O)OC2C=C(C=O)C3OC3C3OC3(C)CC(OC(=O)C(=CC)CO)C12. The van der Waals surface area contributed by atoms with Gasteiger partial charge in [-0.2, -0.15) is 0 Å². The lowest BCUT2D eigenvalue weighted by atomic mass is 9.82. The Morgan fingerprint density at radius 3 is 2.89 bits per heavy atom. The Balaban J connectivity index is 1.71. The Morgan fingerprint density at radius 1 is 1.50 bits per heavy atom. The molecule has 1 N–H and O–H groups in total. The average molecular weight is 390 g/mol. The van der Waals surface area contributed by atoms with Crippen molar-refractivity contribution in [1.82, 2.24) is 0 Å². The van der Waals surface area contributed by atoms with Gasteiger partial charge in [0, 0.05) is 17.6 Å². The summed E-state index contributed by atoms with van der Waals surface area (Å²) in [6.45, 7) is 6.84. The minimum Gasteiger partial charge on any atom is -0.458 e. The van der Waals surface area contributed by atoms with E-state index in [1.165, 1.54) is 6.08 Å². The summed E-state index contributed by atoms with van der Waals surface area (Å²) in [5, 5.41) is 9.35. The first-order valence-corrected chi connectivity index (χ1v) is 9.20. The molecule has 0 aromatic heterocycles. The van der Waals surface area contributed by atoms with Gasteiger partial charge in [0.1, 0.15) is 36.8 Å². The van der Waals surface area contributed by atoms with Crippen molar-refractivity contribution in [2.24, 2.45) is 5.92 Å². The van der Waals surface area contributed by atoms with Crippen LogP contribution in [0.5, 0.6) is 0 Å². The van der Waals surface area contributed by atoms with Crippen LogP contribution in [0.25, 0.3) is 0 Å². The molecule has 0 saturated carbocycles. The molecule has 1 aliphatic carbocycles. The van der Waals surface area contributed by atoms with Gasteiger partial charge in [0.2, 0.25) is 0 Å². The topological polar surface area (TPSA) is 115 Å². The number of carbonyl (C=O) groups is 3. The summed E-state index contributed by atoms with van der Waals surface area (Å²) in [7, 11) is 0. The molecule has 8 nitrogen and oxygen atoms in total. The van der Waals surface area contributed by atoms with E-state index in [9.17, 15) is 19.5 Å². The van der Waals surface area contributed by atoms with Crippen LogP contribution in [0.3, 0.4) is 0 Å². The summed E-state index contributed by atoms with van der Waals surface area (Å²) >= 11 is 0. The number of fused-ring (bicyclic) bond motifs is 4. The number of esters is 2. The molecule has 0 radical (unpaired) electrons. The highest BCUT2D eigenvalue weighted by atomic mass is 16.7. The average Bonchev–Trinajstić information content (AvgIpc) is 3.53. The van der Waals surface area contributed by atoms with Gasteiger partial charge < -0.3 is 24.1 Å². The summed E-state index contributed by atoms with van der Waals surface area (Å²) < 4.78 is 22.5. The number of rotatable bonds is 4. The zero-order chi connectivity index (χ0) is 20.2. The summed E-state index contributed by atoms with van der Waals surface area (Å²) in [6.07, 6.45) is 1.55. The van der Waals surface area contributed by atoms with Gasteiger partial charge in [-0.15, -0.1) is 0 Å². The maximum absolute atomic E-state index is 12.5. The van der Waals surface area contributed by atoms with E-state index in [1.54, 1.807) is 13.0 Å². The Morgan fingerprint density at radius 2 is 2.25 bits per heavy atom. The second kappa shape index (κ2) is 6.65. The second-order valence-electron chi connectivity index (χ2n) is 7.70. The van der Waals surface area contributed by atoms with Gasteiger partial charge in [-0.05, 0) is 19.9 Å². The molecule has 3 fully saturated rings. The molecule has 7 unspecified atom stereocenters. The Labute approximate surface area is 161 Å². The summed E-state index contributed by atoms with van der Waals surface area (Å²) in [6, 6.07) is 0. The molecular formula is C20H22O8. The second-order valence-corrected chi connectivity index (χ2v) is 7.70. The van der Waals surface area contributed by atoms with Crippen LogP contribution in [-0.4, -0.2) is 66.1 Å². The number of hydrogen-bond acceptors (Lipinski definition) is 8. The van der Waals surface area contributed by atoms with Crippen molar-refractivity contribution in [1.29, 1.82) is 0 Å². The van der Waals surface area contributed by atoms with E-state index in [-0.39, 0.29) is 29.5 Å². The zero-order valence-corrected chi connectivity index (χ0v) is 15.6. The summed E-state index contributed by atoms with van der Waals surface area (Å²) in [4.78, 5) is 36.2. The highest BCUT2D eigenvalue weighted by Crippen LogP contribution is 2.53. The van der Waals surface area contributed by atoms with Crippen LogP contribution < -0.4 is 0 Å². The summed E-state index contributed by atoms with van der Waals surface area (Å²) in [5.74, 6) is -1.95. The monoisotopic (exact) mass is 390 g/mol. The maximum atomic E-state index is 12.5. The number of allylic oxidation sites excluding steroid dienone is 1. The molecule has 28 heavy (non-hydrogen) atoms. The quantitative estimate of drug-likeness (QED) is 0.317. The number of epoxide rings is 2. The van der Waals surface area contributed by atoms with Crippen molar-refractivity contribution in [3.8, 4) is 0 Å². The predicted molar refractivity (Wildman–Crippen MR) is 93.9 cm³/mol. The standard InChI is InChI=1S/C20H22O8/c1-4-10(7-21)19(24)26-13-6-20(3)17(28-20)16-15(27-16)11(8-22)5-12-14(13)9(2)18(23)25-12/h4-5,8,12-17,21H,2,6-7H2,1,3H3. The molecule has 0 aromatic carbocycles. The van der Waals surface area contributed by atoms with Crippen molar-refractivity contribution in [3.05, 3.63) is 35.5 Å². The van der Waals surface area contributed by atoms with Crippen LogP contribution in [0.4, 0.5) is 0 Å². The van der Waals surface area contributed by atoms with Gasteiger partial charge in [0.15, 0.2) is 0 Å². The number of aliphatic hydroxyl groups is 1. The van der Waals surface area contributed by atoms with Gasteiger partial charge in [-0.1, -0.05) is 12.7 Å². The van der Waals surface area contributed by atoms with Crippen LogP contribution >= 0.6 is 0 Å². The maximum Gasteiger partial charge on any atom is 0.336 e. The van der Waals surface area contributed by atoms with Crippen LogP contribution in [0.15, 0.2) is 35.5 Å². The largest absolute Gasteiger partial charge is 0.458 e. The molecule has 3 heterocycles. The Hall–Kier alpha value is -2.29. The number of carbonyl (C=O) groups excluding carboxylic acids is 3. The molecule has 3 aliphatic heterocycles. The highest BCUT2D eigenvalue weighted by molar-refractivity contribution is 5.92. The fourth-order valence-corrected chi connectivity index (χ4v) is 4.16. The predicted octanol–water partition coefficient (Wildman–Crippen LogP) is 0.388. The van der Waals surface area contributed by atoms with Crippen LogP contribution in [0.2, 0.25) is 0 Å². The third kappa shape index (κ3) is 3.01. The smallest absolute Gasteiger partial charge is 0.336 e. The van der Waals surface area contributed by atoms with Crippen molar-refractivity contribution < 1.29 is 38.4 Å². The van der Waals surface area contributed by atoms with Crippen LogP contribution in [0, 0.1) is 5.92 Å². The van der Waals surface area contributed by atoms with Gasteiger partial charge in [0.05, 0.1) is 23.7 Å². The fourth-order valence-electron chi connectivity index (χ4n) is 4.16. The van der Waals surface area contributed by atoms with E-state index in [2.05, 4.69) is 6.58 Å². The van der Waals surface area contributed by atoms with E-state index in [1.807, 2.05) is 6.92 Å². The van der Waals surface area contributed by atoms with E-state index < -0.39 is 42.3 Å². The van der Waals surface area contributed by atoms with Gasteiger partial charge in [-0.25, -0.2) is 9.59 Å². The molecule has 150 valence electrons. The molecule has 8 heteroatoms. The van der Waals surface area contributed by atoms with E-state index in [0.717, 1.165) is 0 Å². The van der Waals surface area contributed by atoms with Crippen molar-refractivity contribution in [2.75, 3.05) is 6.61 Å². The molecular weight excluding hydrogens is 368 g/mol. The Bertz CT molecular complexity index is 811. The minimum absolute atomic E-state index is 0.109.